The van der Waals surface area contributed by atoms with Crippen molar-refractivity contribution >= 4 is 24.2 Å². The lowest BCUT2D eigenvalue weighted by atomic mass is 9.90. The van der Waals surface area contributed by atoms with Crippen LogP contribution in [0.3, 0.4) is 0 Å². The van der Waals surface area contributed by atoms with E-state index >= 15 is 0 Å². The number of rotatable bonds is 14. The number of hydroxylamine groups is 2. The van der Waals surface area contributed by atoms with Gasteiger partial charge in [-0.05, 0) is 57.9 Å². The van der Waals surface area contributed by atoms with Gasteiger partial charge in [0.1, 0.15) is 11.4 Å². The van der Waals surface area contributed by atoms with Crippen LogP contribution in [-0.2, 0) is 14.3 Å². The van der Waals surface area contributed by atoms with Crippen molar-refractivity contribution in [1.82, 2.24) is 15.7 Å². The molecule has 0 saturated heterocycles. The molecule has 1 unspecified atom stereocenters. The summed E-state index contributed by atoms with van der Waals surface area (Å²) < 4.78 is 11.0. The second-order valence-electron chi connectivity index (χ2n) is 10.0. The second kappa shape index (κ2) is 14.3. The minimum Gasteiger partial charge on any atom is -0.456 e. The standard InChI is InChI=1S/C28H39N3O7/c1-6-8-9-10-21(22(7-2)31(36)18-32)25(33)29-17-30-26(34)24-16-15-23(37-24)19-11-13-20(14-12-19)27(35)38-28(3,4)5/h11-16,18,21-22,36H,6-10,17H2,1-5H3,(H,29,33)(H,30,34)/t21?,22-/m1/s1. The Hall–Kier alpha value is -3.66. The van der Waals surface area contributed by atoms with Gasteiger partial charge >= 0.3 is 5.97 Å². The summed E-state index contributed by atoms with van der Waals surface area (Å²) in [4.78, 5) is 48.7. The van der Waals surface area contributed by atoms with E-state index in [9.17, 15) is 24.4 Å². The lowest BCUT2D eigenvalue weighted by Gasteiger charge is -2.29. The molecular formula is C28H39N3O7. The van der Waals surface area contributed by atoms with Crippen molar-refractivity contribution in [2.75, 3.05) is 6.67 Å². The fourth-order valence-corrected chi connectivity index (χ4v) is 4.00. The summed E-state index contributed by atoms with van der Waals surface area (Å²) in [6.45, 7) is 9.08. The highest BCUT2D eigenvalue weighted by Gasteiger charge is 2.30. The van der Waals surface area contributed by atoms with Gasteiger partial charge in [-0.1, -0.05) is 45.2 Å². The zero-order chi connectivity index (χ0) is 28.3. The predicted octanol–water partition coefficient (Wildman–Crippen LogP) is 4.53. The molecule has 208 valence electrons. The lowest BCUT2D eigenvalue weighted by Crippen LogP contribution is -2.47. The topological polar surface area (TPSA) is 138 Å². The summed E-state index contributed by atoms with van der Waals surface area (Å²) in [7, 11) is 0. The number of nitrogens with zero attached hydrogens (tertiary/aromatic N) is 1. The summed E-state index contributed by atoms with van der Waals surface area (Å²) in [5.74, 6) is -1.43. The summed E-state index contributed by atoms with van der Waals surface area (Å²) in [6.07, 6.45) is 3.88. The quantitative estimate of drug-likeness (QED) is 0.0816. The number of carbonyl (C=O) groups is 4. The molecule has 2 atom stereocenters. The normalized spacial score (nSPS) is 12.8. The van der Waals surface area contributed by atoms with Gasteiger partial charge in [0.25, 0.3) is 5.91 Å². The first kappa shape index (κ1) is 30.6. The van der Waals surface area contributed by atoms with E-state index < -0.39 is 29.4 Å². The Morgan fingerprint density at radius 1 is 1.05 bits per heavy atom. The molecule has 1 aromatic heterocycles. The maximum atomic E-state index is 12.8. The molecule has 0 bridgehead atoms. The van der Waals surface area contributed by atoms with Gasteiger partial charge in [-0.15, -0.1) is 0 Å². The molecule has 0 fully saturated rings. The summed E-state index contributed by atoms with van der Waals surface area (Å²) >= 11 is 0. The fraction of sp³-hybridized carbons (Fsp3) is 0.500. The number of benzene rings is 1. The zero-order valence-electron chi connectivity index (χ0n) is 22.8. The molecule has 0 aliphatic carbocycles. The molecule has 0 spiro atoms. The Bertz CT molecular complexity index is 1070. The van der Waals surface area contributed by atoms with Crippen LogP contribution in [-0.4, -0.2) is 52.8 Å². The SMILES string of the molecule is CCCCCC(C(=O)NCNC(=O)c1ccc(-c2ccc(C(=O)OC(C)(C)C)cc2)o1)[C@@H](CC)N(O)C=O. The van der Waals surface area contributed by atoms with Crippen LogP contribution >= 0.6 is 0 Å². The number of amides is 3. The maximum Gasteiger partial charge on any atom is 0.338 e. The molecule has 2 rings (SSSR count). The van der Waals surface area contributed by atoms with Crippen LogP contribution in [0, 0.1) is 5.92 Å². The Labute approximate surface area is 223 Å². The van der Waals surface area contributed by atoms with Crippen molar-refractivity contribution in [2.45, 2.75) is 78.4 Å². The van der Waals surface area contributed by atoms with E-state index in [-0.39, 0.29) is 18.3 Å². The molecule has 3 N–H and O–H groups in total. The third kappa shape index (κ3) is 9.02. The first-order valence-electron chi connectivity index (χ1n) is 12.9. The molecule has 3 amide bonds. The maximum absolute atomic E-state index is 12.8. The number of ether oxygens (including phenoxy) is 1. The highest BCUT2D eigenvalue weighted by molar-refractivity contribution is 5.93. The number of furan rings is 1. The van der Waals surface area contributed by atoms with E-state index in [2.05, 4.69) is 10.6 Å². The van der Waals surface area contributed by atoms with Gasteiger partial charge < -0.3 is 19.8 Å². The Kier molecular flexibility index (Phi) is 11.5. The van der Waals surface area contributed by atoms with E-state index in [0.717, 1.165) is 19.3 Å². The minimum atomic E-state index is -0.658. The number of esters is 1. The smallest absolute Gasteiger partial charge is 0.338 e. The number of nitrogens with one attached hydrogen (secondary N) is 2. The first-order chi connectivity index (χ1) is 18.0. The van der Waals surface area contributed by atoms with Crippen LogP contribution in [0.15, 0.2) is 40.8 Å². The predicted molar refractivity (Wildman–Crippen MR) is 141 cm³/mol. The molecule has 0 aliphatic rings. The highest BCUT2D eigenvalue weighted by atomic mass is 16.6. The summed E-state index contributed by atoms with van der Waals surface area (Å²) in [5.41, 5.74) is 0.481. The molecule has 0 saturated carbocycles. The molecular weight excluding hydrogens is 490 g/mol. The van der Waals surface area contributed by atoms with E-state index in [0.29, 0.717) is 41.2 Å². The third-order valence-corrected chi connectivity index (χ3v) is 5.93. The lowest BCUT2D eigenvalue weighted by molar-refractivity contribution is -0.168. The van der Waals surface area contributed by atoms with Crippen LogP contribution in [0.2, 0.25) is 0 Å². The van der Waals surface area contributed by atoms with Crippen molar-refractivity contribution in [3.05, 3.63) is 47.7 Å². The van der Waals surface area contributed by atoms with Crippen molar-refractivity contribution in [2.24, 2.45) is 5.92 Å². The van der Waals surface area contributed by atoms with E-state index in [1.54, 1.807) is 58.0 Å². The Morgan fingerprint density at radius 3 is 2.32 bits per heavy atom. The monoisotopic (exact) mass is 529 g/mol. The number of unbranched alkanes of at least 4 members (excludes halogenated alkanes) is 2. The molecule has 2 aromatic rings. The van der Waals surface area contributed by atoms with Crippen molar-refractivity contribution in [3.8, 4) is 11.3 Å². The molecule has 0 aliphatic heterocycles. The molecule has 1 aromatic carbocycles. The summed E-state index contributed by atoms with van der Waals surface area (Å²) in [5, 5.41) is 15.7. The largest absolute Gasteiger partial charge is 0.456 e. The third-order valence-electron chi connectivity index (χ3n) is 5.93. The molecule has 10 heteroatoms. The van der Waals surface area contributed by atoms with Crippen molar-refractivity contribution < 1.29 is 33.5 Å². The van der Waals surface area contributed by atoms with Gasteiger partial charge in [0.15, 0.2) is 5.76 Å². The van der Waals surface area contributed by atoms with Crippen molar-refractivity contribution in [3.63, 3.8) is 0 Å². The molecule has 38 heavy (non-hydrogen) atoms. The molecule has 10 nitrogen and oxygen atoms in total. The van der Waals surface area contributed by atoms with Crippen LogP contribution < -0.4 is 10.6 Å². The molecule has 0 radical (unpaired) electrons. The minimum absolute atomic E-state index is 0.0545. The van der Waals surface area contributed by atoms with Crippen LogP contribution in [0.5, 0.6) is 0 Å². The van der Waals surface area contributed by atoms with E-state index in [1.165, 1.54) is 6.07 Å². The molecule has 1 heterocycles. The fourth-order valence-electron chi connectivity index (χ4n) is 4.00. The number of hydrogen-bond donors (Lipinski definition) is 3. The van der Waals surface area contributed by atoms with E-state index in [4.69, 9.17) is 9.15 Å². The van der Waals surface area contributed by atoms with Gasteiger partial charge in [-0.2, -0.15) is 0 Å². The highest BCUT2D eigenvalue weighted by Crippen LogP contribution is 2.24. The average Bonchev–Trinajstić information content (AvgIpc) is 3.37. The number of hydrogen-bond acceptors (Lipinski definition) is 7. The van der Waals surface area contributed by atoms with Gasteiger partial charge in [0, 0.05) is 5.56 Å². The Morgan fingerprint density at radius 2 is 1.74 bits per heavy atom. The summed E-state index contributed by atoms with van der Waals surface area (Å²) in [6, 6.07) is 9.15. The van der Waals surface area contributed by atoms with Crippen molar-refractivity contribution in [1.29, 1.82) is 0 Å². The number of carbonyl (C=O) groups excluding carboxylic acids is 4. The van der Waals surface area contributed by atoms with Crippen LogP contribution in [0.4, 0.5) is 0 Å². The average molecular weight is 530 g/mol. The van der Waals surface area contributed by atoms with Crippen LogP contribution in [0.25, 0.3) is 11.3 Å². The van der Waals surface area contributed by atoms with Gasteiger partial charge in [-0.25, -0.2) is 9.86 Å². The van der Waals surface area contributed by atoms with Gasteiger partial charge in [0.2, 0.25) is 12.3 Å². The van der Waals surface area contributed by atoms with E-state index in [1.807, 2.05) is 6.92 Å². The van der Waals surface area contributed by atoms with Crippen LogP contribution in [0.1, 0.15) is 87.6 Å². The second-order valence-corrected chi connectivity index (χ2v) is 10.0. The zero-order valence-corrected chi connectivity index (χ0v) is 22.8. The first-order valence-corrected chi connectivity index (χ1v) is 12.9. The Balaban J connectivity index is 1.97. The van der Waals surface area contributed by atoms with Gasteiger partial charge in [0.05, 0.1) is 24.2 Å². The van der Waals surface area contributed by atoms with Gasteiger partial charge in [-0.3, -0.25) is 19.6 Å².